The minimum atomic E-state index is 0. The second-order valence-electron chi connectivity index (χ2n) is 5.42. The van der Waals surface area contributed by atoms with Gasteiger partial charge >= 0.3 is 0 Å². The van der Waals surface area contributed by atoms with E-state index in [4.69, 9.17) is 4.98 Å². The first-order chi connectivity index (χ1) is 11.9. The predicted octanol–water partition coefficient (Wildman–Crippen LogP) is 6.80. The highest BCUT2D eigenvalue weighted by atomic mass is 79.9. The van der Waals surface area contributed by atoms with E-state index in [0.29, 0.717) is 0 Å². The topological polar surface area (TPSA) is 24.9 Å². The zero-order valence-corrected chi connectivity index (χ0v) is 16.0. The highest BCUT2D eigenvalue weighted by molar-refractivity contribution is 8.93. The van der Waals surface area contributed by atoms with E-state index in [1.807, 2.05) is 54.6 Å². The van der Waals surface area contributed by atoms with E-state index in [-0.39, 0.29) is 17.0 Å². The maximum Gasteiger partial charge on any atom is 0.188 e. The maximum absolute atomic E-state index is 4.86. The molecule has 4 rings (SSSR count). The molecule has 1 aromatic heterocycles. The normalized spacial score (nSPS) is 10.1. The van der Waals surface area contributed by atoms with Gasteiger partial charge in [-0.05, 0) is 17.7 Å². The number of benzene rings is 3. The Hall–Kier alpha value is -2.43. The van der Waals surface area contributed by atoms with Crippen LogP contribution in [0, 0.1) is 0 Å². The van der Waals surface area contributed by atoms with Crippen LogP contribution in [-0.2, 0) is 0 Å². The standard InChI is InChI=1S/C21H16N2S.BrH/c1-4-10-16(11-5-1)19-20(17-12-6-2-7-13-17)24-21(23-19)22-18-14-8-3-9-15-18;/h1-15H,(H,22,23);1H. The van der Waals surface area contributed by atoms with Crippen molar-refractivity contribution in [3.05, 3.63) is 91.0 Å². The van der Waals surface area contributed by atoms with Crippen LogP contribution >= 0.6 is 28.3 Å². The first-order valence-corrected chi connectivity index (χ1v) is 8.65. The lowest BCUT2D eigenvalue weighted by Crippen LogP contribution is -1.88. The van der Waals surface area contributed by atoms with Crippen molar-refractivity contribution in [1.29, 1.82) is 0 Å². The maximum atomic E-state index is 4.86. The van der Waals surface area contributed by atoms with Gasteiger partial charge in [0, 0.05) is 11.3 Å². The fourth-order valence-electron chi connectivity index (χ4n) is 2.60. The Morgan fingerprint density at radius 1 is 0.640 bits per heavy atom. The van der Waals surface area contributed by atoms with Gasteiger partial charge in [-0.25, -0.2) is 4.98 Å². The number of anilines is 2. The molecular weight excluding hydrogens is 392 g/mol. The van der Waals surface area contributed by atoms with Gasteiger partial charge in [0.2, 0.25) is 0 Å². The summed E-state index contributed by atoms with van der Waals surface area (Å²) < 4.78 is 0. The summed E-state index contributed by atoms with van der Waals surface area (Å²) in [6.07, 6.45) is 0. The summed E-state index contributed by atoms with van der Waals surface area (Å²) in [5, 5.41) is 4.31. The zero-order chi connectivity index (χ0) is 16.2. The van der Waals surface area contributed by atoms with Crippen molar-refractivity contribution in [2.75, 3.05) is 5.32 Å². The third-order valence-corrected chi connectivity index (χ3v) is 4.76. The summed E-state index contributed by atoms with van der Waals surface area (Å²) in [5.74, 6) is 0. The van der Waals surface area contributed by atoms with Crippen LogP contribution in [0.2, 0.25) is 0 Å². The number of thiazole rings is 1. The fourth-order valence-corrected chi connectivity index (χ4v) is 3.61. The molecule has 2 nitrogen and oxygen atoms in total. The van der Waals surface area contributed by atoms with Crippen molar-refractivity contribution in [1.82, 2.24) is 4.98 Å². The Kier molecular flexibility index (Phi) is 5.64. The van der Waals surface area contributed by atoms with Gasteiger partial charge in [-0.15, -0.1) is 17.0 Å². The molecule has 0 unspecified atom stereocenters. The largest absolute Gasteiger partial charge is 0.332 e. The highest BCUT2D eigenvalue weighted by Crippen LogP contribution is 2.39. The third-order valence-electron chi connectivity index (χ3n) is 3.74. The predicted molar refractivity (Wildman–Crippen MR) is 113 cm³/mol. The second kappa shape index (κ2) is 8.10. The molecule has 1 N–H and O–H groups in total. The van der Waals surface area contributed by atoms with Gasteiger partial charge in [0.05, 0.1) is 10.6 Å². The first kappa shape index (κ1) is 17.4. The van der Waals surface area contributed by atoms with Gasteiger partial charge < -0.3 is 5.32 Å². The van der Waals surface area contributed by atoms with Crippen LogP contribution in [0.25, 0.3) is 21.7 Å². The lowest BCUT2D eigenvalue weighted by molar-refractivity contribution is 1.38. The molecule has 0 radical (unpaired) electrons. The molecular formula is C21H17BrN2S. The Morgan fingerprint density at radius 2 is 1.16 bits per heavy atom. The SMILES string of the molecule is Br.c1ccc(Nc2nc(-c3ccccc3)c(-c3ccccc3)s2)cc1. The lowest BCUT2D eigenvalue weighted by atomic mass is 10.1. The molecule has 0 aliphatic heterocycles. The summed E-state index contributed by atoms with van der Waals surface area (Å²) in [6, 6.07) is 30.9. The Labute approximate surface area is 162 Å². The molecule has 0 saturated heterocycles. The number of para-hydroxylation sites is 1. The molecule has 4 aromatic rings. The average molecular weight is 409 g/mol. The van der Waals surface area contributed by atoms with E-state index in [1.165, 1.54) is 10.4 Å². The number of rotatable bonds is 4. The molecule has 0 amide bonds. The fraction of sp³-hybridized carbons (Fsp3) is 0. The molecule has 0 aliphatic carbocycles. The molecule has 25 heavy (non-hydrogen) atoms. The van der Waals surface area contributed by atoms with Crippen LogP contribution in [0.15, 0.2) is 91.0 Å². The van der Waals surface area contributed by atoms with Crippen molar-refractivity contribution in [3.8, 4) is 21.7 Å². The number of aromatic nitrogens is 1. The van der Waals surface area contributed by atoms with Crippen molar-refractivity contribution in [2.45, 2.75) is 0 Å². The van der Waals surface area contributed by atoms with Crippen LogP contribution in [0.4, 0.5) is 10.8 Å². The number of halogens is 1. The molecule has 0 aliphatic rings. The number of nitrogens with zero attached hydrogens (tertiary/aromatic N) is 1. The van der Waals surface area contributed by atoms with Crippen molar-refractivity contribution in [2.24, 2.45) is 0 Å². The minimum Gasteiger partial charge on any atom is -0.332 e. The van der Waals surface area contributed by atoms with Crippen LogP contribution in [0.3, 0.4) is 0 Å². The molecule has 0 bridgehead atoms. The quantitative estimate of drug-likeness (QED) is 0.401. The van der Waals surface area contributed by atoms with Crippen LogP contribution in [0.5, 0.6) is 0 Å². The van der Waals surface area contributed by atoms with Crippen molar-refractivity contribution >= 4 is 39.1 Å². The van der Waals surface area contributed by atoms with Crippen molar-refractivity contribution in [3.63, 3.8) is 0 Å². The molecule has 0 fully saturated rings. The monoisotopic (exact) mass is 408 g/mol. The van der Waals surface area contributed by atoms with Gasteiger partial charge in [0.15, 0.2) is 5.13 Å². The molecule has 0 atom stereocenters. The summed E-state index contributed by atoms with van der Waals surface area (Å²) in [5.41, 5.74) is 4.39. The third kappa shape index (κ3) is 3.98. The minimum absolute atomic E-state index is 0. The van der Waals surface area contributed by atoms with Crippen LogP contribution in [0.1, 0.15) is 0 Å². The van der Waals surface area contributed by atoms with E-state index in [2.05, 4.69) is 41.7 Å². The van der Waals surface area contributed by atoms with Gasteiger partial charge in [-0.1, -0.05) is 90.2 Å². The Bertz CT molecular complexity index is 865. The summed E-state index contributed by atoms with van der Waals surface area (Å²) in [4.78, 5) is 6.04. The van der Waals surface area contributed by atoms with Gasteiger partial charge in [-0.2, -0.15) is 0 Å². The van der Waals surface area contributed by atoms with Gasteiger partial charge in [0.25, 0.3) is 0 Å². The van der Waals surface area contributed by atoms with E-state index in [1.54, 1.807) is 11.3 Å². The van der Waals surface area contributed by atoms with E-state index in [9.17, 15) is 0 Å². The van der Waals surface area contributed by atoms with E-state index >= 15 is 0 Å². The van der Waals surface area contributed by atoms with Crippen LogP contribution in [-0.4, -0.2) is 4.98 Å². The smallest absolute Gasteiger partial charge is 0.188 e. The molecule has 0 spiro atoms. The molecule has 0 saturated carbocycles. The number of hydrogen-bond acceptors (Lipinski definition) is 3. The molecule has 4 heteroatoms. The van der Waals surface area contributed by atoms with E-state index in [0.717, 1.165) is 22.1 Å². The number of nitrogens with one attached hydrogen (secondary N) is 1. The van der Waals surface area contributed by atoms with E-state index < -0.39 is 0 Å². The molecule has 124 valence electrons. The summed E-state index contributed by atoms with van der Waals surface area (Å²) >= 11 is 1.68. The highest BCUT2D eigenvalue weighted by Gasteiger charge is 2.14. The second-order valence-corrected chi connectivity index (χ2v) is 6.42. The Morgan fingerprint density at radius 3 is 1.76 bits per heavy atom. The lowest BCUT2D eigenvalue weighted by Gasteiger charge is -2.02. The van der Waals surface area contributed by atoms with Gasteiger partial charge in [-0.3, -0.25) is 0 Å². The first-order valence-electron chi connectivity index (χ1n) is 7.84. The Balaban J connectivity index is 0.00000182. The molecule has 1 heterocycles. The van der Waals surface area contributed by atoms with Gasteiger partial charge in [0.1, 0.15) is 0 Å². The number of hydrogen-bond donors (Lipinski definition) is 1. The summed E-state index contributed by atoms with van der Waals surface area (Å²) in [7, 11) is 0. The molecule has 3 aromatic carbocycles. The zero-order valence-electron chi connectivity index (χ0n) is 13.4. The van der Waals surface area contributed by atoms with Crippen LogP contribution < -0.4 is 5.32 Å². The average Bonchev–Trinajstić information content (AvgIpc) is 3.08. The summed E-state index contributed by atoms with van der Waals surface area (Å²) in [6.45, 7) is 0. The van der Waals surface area contributed by atoms with Crippen molar-refractivity contribution < 1.29 is 0 Å².